The molecule has 0 radical (unpaired) electrons. The SMILES string of the molecule is Cc1ccc(Cn2nc(C)c(NC(=S)Nc3ccc4c(c3)OCO4)c2C)cc1. The van der Waals surface area contributed by atoms with E-state index in [1.165, 1.54) is 11.1 Å². The van der Waals surface area contributed by atoms with Crippen molar-refractivity contribution >= 4 is 28.7 Å². The van der Waals surface area contributed by atoms with Crippen molar-refractivity contribution in [3.8, 4) is 11.5 Å². The summed E-state index contributed by atoms with van der Waals surface area (Å²) in [5.41, 5.74) is 6.16. The van der Waals surface area contributed by atoms with Crippen LogP contribution in [-0.2, 0) is 6.54 Å². The Morgan fingerprint density at radius 1 is 1.04 bits per heavy atom. The minimum atomic E-state index is 0.250. The second-order valence-corrected chi connectivity index (χ2v) is 7.24. The van der Waals surface area contributed by atoms with E-state index in [1.807, 2.05) is 36.7 Å². The maximum absolute atomic E-state index is 5.49. The van der Waals surface area contributed by atoms with Gasteiger partial charge in [0.25, 0.3) is 0 Å². The molecule has 1 aliphatic heterocycles. The highest BCUT2D eigenvalue weighted by Crippen LogP contribution is 2.34. The third-order valence-electron chi connectivity index (χ3n) is 4.70. The highest BCUT2D eigenvalue weighted by atomic mass is 32.1. The summed E-state index contributed by atoms with van der Waals surface area (Å²) in [5, 5.41) is 11.6. The van der Waals surface area contributed by atoms with E-state index in [0.717, 1.165) is 35.1 Å². The molecule has 0 saturated heterocycles. The van der Waals surface area contributed by atoms with E-state index in [-0.39, 0.29) is 6.79 Å². The summed E-state index contributed by atoms with van der Waals surface area (Å²) in [5.74, 6) is 1.46. The number of aryl methyl sites for hydroxylation is 2. The van der Waals surface area contributed by atoms with Gasteiger partial charge in [0, 0.05) is 11.8 Å². The Morgan fingerprint density at radius 3 is 2.57 bits per heavy atom. The Labute approximate surface area is 169 Å². The van der Waals surface area contributed by atoms with E-state index in [2.05, 4.69) is 46.9 Å². The molecule has 0 amide bonds. The first kappa shape index (κ1) is 18.3. The van der Waals surface area contributed by atoms with Gasteiger partial charge in [-0.05, 0) is 50.7 Å². The van der Waals surface area contributed by atoms with Crippen LogP contribution in [-0.4, -0.2) is 21.7 Å². The smallest absolute Gasteiger partial charge is 0.231 e. The van der Waals surface area contributed by atoms with Gasteiger partial charge in [-0.3, -0.25) is 4.68 Å². The first-order valence-electron chi connectivity index (χ1n) is 9.07. The molecule has 3 aromatic rings. The summed E-state index contributed by atoms with van der Waals surface area (Å²) < 4.78 is 12.7. The standard InChI is InChI=1S/C21H22N4O2S/c1-13-4-6-16(7-5-13)11-25-15(3)20(14(2)24-25)23-21(28)22-17-8-9-18-19(10-17)27-12-26-18/h4-10H,11-12H2,1-3H3,(H2,22,23,28). The number of ether oxygens (including phenoxy) is 2. The van der Waals surface area contributed by atoms with Crippen molar-refractivity contribution in [3.05, 3.63) is 65.0 Å². The van der Waals surface area contributed by atoms with Crippen LogP contribution in [0.2, 0.25) is 0 Å². The van der Waals surface area contributed by atoms with E-state index in [0.29, 0.717) is 10.9 Å². The number of thiocarbonyl (C=S) groups is 1. The second-order valence-electron chi connectivity index (χ2n) is 6.84. The number of nitrogens with zero attached hydrogens (tertiary/aromatic N) is 2. The number of rotatable bonds is 4. The predicted molar refractivity (Wildman–Crippen MR) is 114 cm³/mol. The minimum Gasteiger partial charge on any atom is -0.454 e. The topological polar surface area (TPSA) is 60.3 Å². The molecule has 2 aromatic carbocycles. The highest BCUT2D eigenvalue weighted by molar-refractivity contribution is 7.80. The molecule has 0 spiro atoms. The van der Waals surface area contributed by atoms with Crippen molar-refractivity contribution in [2.24, 2.45) is 0 Å². The van der Waals surface area contributed by atoms with E-state index < -0.39 is 0 Å². The molecule has 0 aliphatic carbocycles. The van der Waals surface area contributed by atoms with Crippen LogP contribution in [0.15, 0.2) is 42.5 Å². The van der Waals surface area contributed by atoms with Gasteiger partial charge in [0.2, 0.25) is 6.79 Å². The van der Waals surface area contributed by atoms with E-state index >= 15 is 0 Å². The van der Waals surface area contributed by atoms with Crippen LogP contribution in [0.1, 0.15) is 22.5 Å². The quantitative estimate of drug-likeness (QED) is 0.640. The maximum Gasteiger partial charge on any atom is 0.231 e. The van der Waals surface area contributed by atoms with Crippen LogP contribution < -0.4 is 20.1 Å². The van der Waals surface area contributed by atoms with Crippen LogP contribution in [0, 0.1) is 20.8 Å². The number of benzene rings is 2. The third-order valence-corrected chi connectivity index (χ3v) is 4.91. The minimum absolute atomic E-state index is 0.250. The molecule has 0 unspecified atom stereocenters. The van der Waals surface area contributed by atoms with Crippen molar-refractivity contribution in [1.82, 2.24) is 9.78 Å². The monoisotopic (exact) mass is 394 g/mol. The fraction of sp³-hybridized carbons (Fsp3) is 0.238. The lowest BCUT2D eigenvalue weighted by molar-refractivity contribution is 0.174. The summed E-state index contributed by atoms with van der Waals surface area (Å²) in [6, 6.07) is 14.1. The van der Waals surface area contributed by atoms with Crippen molar-refractivity contribution < 1.29 is 9.47 Å². The first-order chi connectivity index (χ1) is 13.5. The van der Waals surface area contributed by atoms with E-state index in [4.69, 9.17) is 21.7 Å². The van der Waals surface area contributed by atoms with Gasteiger partial charge in [0.1, 0.15) is 0 Å². The summed E-state index contributed by atoms with van der Waals surface area (Å²) in [4.78, 5) is 0. The fourth-order valence-corrected chi connectivity index (χ4v) is 3.37. The van der Waals surface area contributed by atoms with Gasteiger partial charge >= 0.3 is 0 Å². The number of nitrogens with one attached hydrogen (secondary N) is 2. The molecule has 144 valence electrons. The van der Waals surface area contributed by atoms with Crippen molar-refractivity contribution in [2.45, 2.75) is 27.3 Å². The van der Waals surface area contributed by atoms with Gasteiger partial charge in [-0.15, -0.1) is 0 Å². The second kappa shape index (κ2) is 7.52. The molecular formula is C21H22N4O2S. The average molecular weight is 395 g/mol. The molecule has 2 heterocycles. The van der Waals surface area contributed by atoms with Gasteiger partial charge in [0.05, 0.1) is 23.6 Å². The zero-order valence-electron chi connectivity index (χ0n) is 16.1. The van der Waals surface area contributed by atoms with E-state index in [1.54, 1.807) is 0 Å². The third kappa shape index (κ3) is 3.80. The van der Waals surface area contributed by atoms with Crippen molar-refractivity contribution in [2.75, 3.05) is 17.4 Å². The molecule has 7 heteroatoms. The molecule has 0 fully saturated rings. The molecular weight excluding hydrogens is 372 g/mol. The first-order valence-corrected chi connectivity index (χ1v) is 9.47. The van der Waals surface area contributed by atoms with E-state index in [9.17, 15) is 0 Å². The van der Waals surface area contributed by atoms with Gasteiger partial charge < -0.3 is 20.1 Å². The van der Waals surface area contributed by atoms with Crippen LogP contribution in [0.25, 0.3) is 0 Å². The van der Waals surface area contributed by atoms with Crippen LogP contribution >= 0.6 is 12.2 Å². The Balaban J connectivity index is 1.46. The summed E-state index contributed by atoms with van der Waals surface area (Å²) in [6.07, 6.45) is 0. The zero-order chi connectivity index (χ0) is 19.7. The molecule has 28 heavy (non-hydrogen) atoms. The summed E-state index contributed by atoms with van der Waals surface area (Å²) >= 11 is 5.49. The Bertz CT molecular complexity index is 1030. The fourth-order valence-electron chi connectivity index (χ4n) is 3.15. The normalized spacial score (nSPS) is 12.1. The number of aromatic nitrogens is 2. The molecule has 6 nitrogen and oxygen atoms in total. The molecule has 1 aromatic heterocycles. The number of hydrogen-bond acceptors (Lipinski definition) is 4. The van der Waals surface area contributed by atoms with Crippen molar-refractivity contribution in [1.29, 1.82) is 0 Å². The Kier molecular flexibility index (Phi) is 4.92. The van der Waals surface area contributed by atoms with Crippen LogP contribution in [0.4, 0.5) is 11.4 Å². The molecule has 0 saturated carbocycles. The lowest BCUT2D eigenvalue weighted by Crippen LogP contribution is -2.20. The summed E-state index contributed by atoms with van der Waals surface area (Å²) in [7, 11) is 0. The highest BCUT2D eigenvalue weighted by Gasteiger charge is 2.15. The van der Waals surface area contributed by atoms with Gasteiger partial charge in [-0.2, -0.15) is 5.10 Å². The maximum atomic E-state index is 5.49. The van der Waals surface area contributed by atoms with Crippen LogP contribution in [0.3, 0.4) is 0 Å². The largest absolute Gasteiger partial charge is 0.454 e. The average Bonchev–Trinajstić information content (AvgIpc) is 3.23. The Morgan fingerprint density at radius 2 is 1.79 bits per heavy atom. The zero-order valence-corrected chi connectivity index (χ0v) is 16.9. The lowest BCUT2D eigenvalue weighted by atomic mass is 10.1. The van der Waals surface area contributed by atoms with Gasteiger partial charge in [-0.1, -0.05) is 29.8 Å². The molecule has 2 N–H and O–H groups in total. The van der Waals surface area contributed by atoms with Gasteiger partial charge in [-0.25, -0.2) is 0 Å². The number of fused-ring (bicyclic) bond motifs is 1. The van der Waals surface area contributed by atoms with Crippen LogP contribution in [0.5, 0.6) is 11.5 Å². The predicted octanol–water partition coefficient (Wildman–Crippen LogP) is 4.39. The summed E-state index contributed by atoms with van der Waals surface area (Å²) in [6.45, 7) is 7.07. The molecule has 0 atom stereocenters. The number of anilines is 2. The van der Waals surface area contributed by atoms with Gasteiger partial charge in [0.15, 0.2) is 16.6 Å². The number of hydrogen-bond donors (Lipinski definition) is 2. The van der Waals surface area contributed by atoms with Crippen molar-refractivity contribution in [3.63, 3.8) is 0 Å². The molecule has 4 rings (SSSR count). The Hall–Kier alpha value is -3.06. The molecule has 1 aliphatic rings. The molecule has 0 bridgehead atoms. The lowest BCUT2D eigenvalue weighted by Gasteiger charge is -2.12.